The molecule has 116 valence electrons. The summed E-state index contributed by atoms with van der Waals surface area (Å²) in [5.41, 5.74) is 5.74. The highest BCUT2D eigenvalue weighted by Crippen LogP contribution is 2.18. The summed E-state index contributed by atoms with van der Waals surface area (Å²) in [6, 6.07) is 15.7. The molecular weight excluding hydrogens is 284 g/mol. The molecule has 0 saturated heterocycles. The molecule has 1 aromatic carbocycles. The van der Waals surface area contributed by atoms with Gasteiger partial charge in [0.15, 0.2) is 0 Å². The van der Waals surface area contributed by atoms with Crippen molar-refractivity contribution in [3.8, 4) is 0 Å². The van der Waals surface area contributed by atoms with Crippen LogP contribution in [0.4, 0.5) is 0 Å². The molecule has 0 aliphatic rings. The first kappa shape index (κ1) is 15.2. The Morgan fingerprint density at radius 3 is 2.61 bits per heavy atom. The fourth-order valence-electron chi connectivity index (χ4n) is 2.85. The van der Waals surface area contributed by atoms with Gasteiger partial charge in [-0.15, -0.1) is 0 Å². The molecule has 23 heavy (non-hydrogen) atoms. The predicted molar refractivity (Wildman–Crippen MR) is 91.8 cm³/mol. The Kier molecular flexibility index (Phi) is 4.11. The number of nitrogens with zero attached hydrogens (tertiary/aromatic N) is 2. The van der Waals surface area contributed by atoms with Crippen LogP contribution < -0.4 is 0 Å². The van der Waals surface area contributed by atoms with E-state index in [1.807, 2.05) is 74.0 Å². The predicted octanol–water partition coefficient (Wildman–Crippen LogP) is 3.86. The second-order valence-corrected chi connectivity index (χ2v) is 5.91. The molecule has 0 saturated carbocycles. The lowest BCUT2D eigenvalue weighted by atomic mass is 10.0. The maximum absolute atomic E-state index is 12.8. The van der Waals surface area contributed by atoms with E-state index in [-0.39, 0.29) is 5.78 Å². The Morgan fingerprint density at radius 2 is 1.91 bits per heavy atom. The van der Waals surface area contributed by atoms with Crippen molar-refractivity contribution in [2.45, 2.75) is 20.3 Å². The lowest BCUT2D eigenvalue weighted by Gasteiger charge is -2.09. The summed E-state index contributed by atoms with van der Waals surface area (Å²) in [5, 5.41) is 0. The number of hydrogen-bond donors (Lipinski definition) is 0. The second kappa shape index (κ2) is 6.21. The van der Waals surface area contributed by atoms with Gasteiger partial charge in [-0.05, 0) is 43.7 Å². The van der Waals surface area contributed by atoms with Crippen LogP contribution in [0.5, 0.6) is 0 Å². The van der Waals surface area contributed by atoms with Gasteiger partial charge in [0, 0.05) is 36.6 Å². The SMILES string of the molecule is Cc1ccc(C(=O)c2ccc(Cc3ccccn3)n2C)c(C)c1. The number of benzene rings is 1. The van der Waals surface area contributed by atoms with E-state index in [2.05, 4.69) is 4.98 Å². The molecule has 0 atom stereocenters. The Bertz CT molecular complexity index is 847. The summed E-state index contributed by atoms with van der Waals surface area (Å²) < 4.78 is 1.97. The van der Waals surface area contributed by atoms with Crippen LogP contribution in [0.15, 0.2) is 54.7 Å². The maximum Gasteiger partial charge on any atom is 0.209 e. The van der Waals surface area contributed by atoms with Gasteiger partial charge < -0.3 is 4.57 Å². The molecule has 0 bridgehead atoms. The van der Waals surface area contributed by atoms with Crippen molar-refractivity contribution in [1.29, 1.82) is 0 Å². The van der Waals surface area contributed by atoms with Gasteiger partial charge in [-0.2, -0.15) is 0 Å². The first-order valence-electron chi connectivity index (χ1n) is 7.72. The Labute approximate surface area is 136 Å². The van der Waals surface area contributed by atoms with E-state index in [9.17, 15) is 4.79 Å². The van der Waals surface area contributed by atoms with Gasteiger partial charge in [0.05, 0.1) is 5.69 Å². The van der Waals surface area contributed by atoms with Crippen LogP contribution in [-0.2, 0) is 13.5 Å². The van der Waals surface area contributed by atoms with Crippen molar-refractivity contribution in [2.75, 3.05) is 0 Å². The first-order valence-corrected chi connectivity index (χ1v) is 7.72. The van der Waals surface area contributed by atoms with Crippen molar-refractivity contribution in [3.05, 3.63) is 88.5 Å². The van der Waals surface area contributed by atoms with E-state index in [1.54, 1.807) is 6.20 Å². The summed E-state index contributed by atoms with van der Waals surface area (Å²) in [5.74, 6) is 0.0669. The number of carbonyl (C=O) groups excluding carboxylic acids is 1. The van der Waals surface area contributed by atoms with E-state index < -0.39 is 0 Å². The van der Waals surface area contributed by atoms with Gasteiger partial charge >= 0.3 is 0 Å². The lowest BCUT2D eigenvalue weighted by molar-refractivity contribution is 0.103. The van der Waals surface area contributed by atoms with Crippen molar-refractivity contribution >= 4 is 5.78 Å². The summed E-state index contributed by atoms with van der Waals surface area (Å²) in [7, 11) is 1.94. The third-order valence-corrected chi connectivity index (χ3v) is 4.17. The normalized spacial score (nSPS) is 10.7. The van der Waals surface area contributed by atoms with Crippen LogP contribution in [0.25, 0.3) is 0 Å². The van der Waals surface area contributed by atoms with Gasteiger partial charge in [0.2, 0.25) is 5.78 Å². The zero-order valence-electron chi connectivity index (χ0n) is 13.7. The van der Waals surface area contributed by atoms with Gasteiger partial charge in [0.25, 0.3) is 0 Å². The zero-order valence-corrected chi connectivity index (χ0v) is 13.7. The number of ketones is 1. The average molecular weight is 304 g/mol. The van der Waals surface area contributed by atoms with Crippen LogP contribution in [0.2, 0.25) is 0 Å². The number of hydrogen-bond acceptors (Lipinski definition) is 2. The van der Waals surface area contributed by atoms with E-state index in [0.717, 1.165) is 28.9 Å². The molecule has 0 unspecified atom stereocenters. The lowest BCUT2D eigenvalue weighted by Crippen LogP contribution is -2.11. The topological polar surface area (TPSA) is 34.9 Å². The summed E-state index contributed by atoms with van der Waals surface area (Å²) >= 11 is 0. The van der Waals surface area contributed by atoms with Crippen molar-refractivity contribution in [1.82, 2.24) is 9.55 Å². The number of rotatable bonds is 4. The van der Waals surface area contributed by atoms with Crippen LogP contribution in [-0.4, -0.2) is 15.3 Å². The Hall–Kier alpha value is -2.68. The molecule has 0 aliphatic carbocycles. The molecule has 3 rings (SSSR count). The molecule has 2 heterocycles. The van der Waals surface area contributed by atoms with Crippen LogP contribution in [0, 0.1) is 13.8 Å². The van der Waals surface area contributed by atoms with Gasteiger partial charge in [-0.25, -0.2) is 0 Å². The summed E-state index contributed by atoms with van der Waals surface area (Å²) in [6.45, 7) is 4.02. The third kappa shape index (κ3) is 3.09. The second-order valence-electron chi connectivity index (χ2n) is 5.91. The monoisotopic (exact) mass is 304 g/mol. The number of pyridine rings is 1. The number of aromatic nitrogens is 2. The van der Waals surface area contributed by atoms with E-state index in [4.69, 9.17) is 0 Å². The smallest absolute Gasteiger partial charge is 0.209 e. The fourth-order valence-corrected chi connectivity index (χ4v) is 2.85. The quantitative estimate of drug-likeness (QED) is 0.686. The highest BCUT2D eigenvalue weighted by Gasteiger charge is 2.16. The minimum atomic E-state index is 0.0669. The highest BCUT2D eigenvalue weighted by molar-refractivity contribution is 6.09. The zero-order chi connectivity index (χ0) is 16.4. The molecule has 0 spiro atoms. The van der Waals surface area contributed by atoms with Crippen molar-refractivity contribution < 1.29 is 4.79 Å². The Morgan fingerprint density at radius 1 is 1.09 bits per heavy atom. The minimum Gasteiger partial charge on any atom is -0.345 e. The molecule has 0 amide bonds. The summed E-state index contributed by atoms with van der Waals surface area (Å²) in [4.78, 5) is 17.2. The molecule has 3 heteroatoms. The molecular formula is C20H20N2O. The van der Waals surface area contributed by atoms with E-state index >= 15 is 0 Å². The fraction of sp³-hybridized carbons (Fsp3) is 0.200. The molecule has 0 aliphatic heterocycles. The standard InChI is InChI=1S/C20H20N2O/c1-14-7-9-18(15(2)12-14)20(23)19-10-8-17(22(19)3)13-16-6-4-5-11-21-16/h4-12H,13H2,1-3H3. The van der Waals surface area contributed by atoms with E-state index in [0.29, 0.717) is 5.69 Å². The minimum absolute atomic E-state index is 0.0669. The number of carbonyl (C=O) groups is 1. The molecule has 0 fully saturated rings. The van der Waals surface area contributed by atoms with Crippen molar-refractivity contribution in [2.24, 2.45) is 7.05 Å². The van der Waals surface area contributed by atoms with Crippen LogP contribution >= 0.6 is 0 Å². The van der Waals surface area contributed by atoms with Crippen LogP contribution in [0.1, 0.15) is 38.6 Å². The van der Waals surface area contributed by atoms with Gasteiger partial charge in [-0.3, -0.25) is 9.78 Å². The molecule has 3 nitrogen and oxygen atoms in total. The summed E-state index contributed by atoms with van der Waals surface area (Å²) in [6.07, 6.45) is 2.51. The molecule has 0 radical (unpaired) electrons. The van der Waals surface area contributed by atoms with Gasteiger partial charge in [0.1, 0.15) is 0 Å². The van der Waals surface area contributed by atoms with Gasteiger partial charge in [-0.1, -0.05) is 29.8 Å². The van der Waals surface area contributed by atoms with E-state index in [1.165, 1.54) is 5.56 Å². The van der Waals surface area contributed by atoms with Crippen molar-refractivity contribution in [3.63, 3.8) is 0 Å². The molecule has 2 aromatic heterocycles. The highest BCUT2D eigenvalue weighted by atomic mass is 16.1. The molecule has 3 aromatic rings. The number of aryl methyl sites for hydroxylation is 2. The third-order valence-electron chi connectivity index (χ3n) is 4.17. The first-order chi connectivity index (χ1) is 11.1. The van der Waals surface area contributed by atoms with Crippen LogP contribution in [0.3, 0.4) is 0 Å². The molecule has 0 N–H and O–H groups in total. The average Bonchev–Trinajstić information content (AvgIpc) is 2.89. The maximum atomic E-state index is 12.8. The largest absolute Gasteiger partial charge is 0.345 e. The Balaban J connectivity index is 1.91.